The van der Waals surface area contributed by atoms with Crippen molar-refractivity contribution in [1.29, 1.82) is 0 Å². The summed E-state index contributed by atoms with van der Waals surface area (Å²) in [6, 6.07) is 0. The summed E-state index contributed by atoms with van der Waals surface area (Å²) in [5.41, 5.74) is 0. The van der Waals surface area contributed by atoms with E-state index in [0.717, 1.165) is 0 Å². The molecular formula is C5H5F7. The SMILES string of the molecule is CC(F)(F)C(F)C(F)(F)C(F)F. The van der Waals surface area contributed by atoms with Crippen LogP contribution in [0.3, 0.4) is 0 Å². The molecule has 0 fully saturated rings. The van der Waals surface area contributed by atoms with Crippen molar-refractivity contribution in [2.75, 3.05) is 0 Å². The molecule has 0 amide bonds. The minimum absolute atomic E-state index is 0.187. The Kier molecular flexibility index (Phi) is 2.97. The molecule has 0 aromatic heterocycles. The first-order valence-corrected chi connectivity index (χ1v) is 2.78. The standard InChI is InChI=1S/C5H5F7/c1-4(9,10)2(6)5(11,12)3(7)8/h2-3H,1H3. The molecule has 0 saturated heterocycles. The fraction of sp³-hybridized carbons (Fsp3) is 1.00. The van der Waals surface area contributed by atoms with E-state index in [9.17, 15) is 30.7 Å². The molecule has 0 spiro atoms. The van der Waals surface area contributed by atoms with E-state index < -0.39 is 24.4 Å². The molecule has 0 nitrogen and oxygen atoms in total. The van der Waals surface area contributed by atoms with E-state index in [4.69, 9.17) is 0 Å². The van der Waals surface area contributed by atoms with Gasteiger partial charge in [-0.3, -0.25) is 0 Å². The summed E-state index contributed by atoms with van der Waals surface area (Å²) >= 11 is 0. The Morgan fingerprint density at radius 3 is 1.33 bits per heavy atom. The van der Waals surface area contributed by atoms with E-state index in [1.165, 1.54) is 0 Å². The molecule has 0 N–H and O–H groups in total. The molecule has 12 heavy (non-hydrogen) atoms. The Bertz CT molecular complexity index is 146. The number of hydrogen-bond acceptors (Lipinski definition) is 0. The molecule has 74 valence electrons. The summed E-state index contributed by atoms with van der Waals surface area (Å²) in [6.45, 7) is -0.187. The highest BCUT2D eigenvalue weighted by Crippen LogP contribution is 2.37. The van der Waals surface area contributed by atoms with Gasteiger partial charge in [0.15, 0.2) is 0 Å². The second kappa shape index (κ2) is 3.10. The maximum atomic E-state index is 12.0. The van der Waals surface area contributed by atoms with Crippen molar-refractivity contribution in [1.82, 2.24) is 0 Å². The van der Waals surface area contributed by atoms with Gasteiger partial charge in [-0.25, -0.2) is 22.0 Å². The van der Waals surface area contributed by atoms with Gasteiger partial charge in [0.25, 0.3) is 5.92 Å². The highest BCUT2D eigenvalue weighted by Gasteiger charge is 2.58. The summed E-state index contributed by atoms with van der Waals surface area (Å²) < 4.78 is 81.7. The quantitative estimate of drug-likeness (QED) is 0.611. The van der Waals surface area contributed by atoms with Crippen LogP contribution in [0.2, 0.25) is 0 Å². The van der Waals surface area contributed by atoms with Gasteiger partial charge >= 0.3 is 12.3 Å². The maximum absolute atomic E-state index is 12.0. The summed E-state index contributed by atoms with van der Waals surface area (Å²) in [4.78, 5) is 0. The van der Waals surface area contributed by atoms with Crippen LogP contribution in [0, 0.1) is 0 Å². The molecule has 0 bridgehead atoms. The van der Waals surface area contributed by atoms with Crippen LogP contribution < -0.4 is 0 Å². The number of rotatable bonds is 3. The summed E-state index contributed by atoms with van der Waals surface area (Å²) in [6.07, 6.45) is -8.59. The zero-order chi connectivity index (χ0) is 10.2. The fourth-order valence-corrected chi connectivity index (χ4v) is 0.449. The molecule has 1 unspecified atom stereocenters. The lowest BCUT2D eigenvalue weighted by Crippen LogP contribution is -2.47. The topological polar surface area (TPSA) is 0 Å². The van der Waals surface area contributed by atoms with Crippen molar-refractivity contribution in [2.24, 2.45) is 0 Å². The molecule has 0 aliphatic carbocycles. The third-order valence-corrected chi connectivity index (χ3v) is 1.07. The van der Waals surface area contributed by atoms with Crippen molar-refractivity contribution >= 4 is 0 Å². The highest BCUT2D eigenvalue weighted by atomic mass is 19.3. The summed E-state index contributed by atoms with van der Waals surface area (Å²) in [7, 11) is 0. The van der Waals surface area contributed by atoms with Gasteiger partial charge in [-0.1, -0.05) is 0 Å². The van der Waals surface area contributed by atoms with Gasteiger partial charge in [0, 0.05) is 6.92 Å². The van der Waals surface area contributed by atoms with Crippen LogP contribution in [0.1, 0.15) is 6.92 Å². The average molecular weight is 198 g/mol. The Hall–Kier alpha value is -0.490. The molecule has 0 radical (unpaired) electrons. The molecular weight excluding hydrogens is 193 g/mol. The van der Waals surface area contributed by atoms with E-state index in [1.54, 1.807) is 0 Å². The number of alkyl halides is 7. The lowest BCUT2D eigenvalue weighted by atomic mass is 10.1. The smallest absolute Gasteiger partial charge is 0.234 e. The van der Waals surface area contributed by atoms with Crippen molar-refractivity contribution in [3.05, 3.63) is 0 Å². The van der Waals surface area contributed by atoms with E-state index in [1.807, 2.05) is 0 Å². The molecule has 0 aliphatic heterocycles. The van der Waals surface area contributed by atoms with Crippen molar-refractivity contribution < 1.29 is 30.7 Å². The number of halogens is 7. The van der Waals surface area contributed by atoms with Crippen LogP contribution in [-0.4, -0.2) is 24.4 Å². The minimum atomic E-state index is -5.31. The van der Waals surface area contributed by atoms with Gasteiger partial charge in [0.05, 0.1) is 0 Å². The van der Waals surface area contributed by atoms with Crippen LogP contribution >= 0.6 is 0 Å². The molecule has 0 rings (SSSR count). The first-order chi connectivity index (χ1) is 5.10. The van der Waals surface area contributed by atoms with Crippen molar-refractivity contribution in [3.63, 3.8) is 0 Å². The minimum Gasteiger partial charge on any atom is -0.234 e. The first kappa shape index (κ1) is 11.5. The van der Waals surface area contributed by atoms with Gasteiger partial charge in [-0.15, -0.1) is 0 Å². The average Bonchev–Trinajstić information content (AvgIpc) is 1.83. The Morgan fingerprint density at radius 1 is 0.917 bits per heavy atom. The second-order valence-corrected chi connectivity index (χ2v) is 2.29. The van der Waals surface area contributed by atoms with Crippen LogP contribution in [0.25, 0.3) is 0 Å². The lowest BCUT2D eigenvalue weighted by Gasteiger charge is -2.23. The van der Waals surface area contributed by atoms with Crippen molar-refractivity contribution in [3.8, 4) is 0 Å². The summed E-state index contributed by atoms with van der Waals surface area (Å²) in [5, 5.41) is 0. The maximum Gasteiger partial charge on any atom is 0.343 e. The van der Waals surface area contributed by atoms with Gasteiger partial charge < -0.3 is 0 Å². The van der Waals surface area contributed by atoms with E-state index in [-0.39, 0.29) is 6.92 Å². The molecule has 0 aromatic rings. The van der Waals surface area contributed by atoms with Gasteiger partial charge in [-0.05, 0) is 0 Å². The van der Waals surface area contributed by atoms with Crippen LogP contribution in [0.5, 0.6) is 0 Å². The predicted octanol–water partition coefficient (Wildman–Crippen LogP) is 2.88. The first-order valence-electron chi connectivity index (χ1n) is 2.78. The Labute approximate surface area is 63.4 Å². The van der Waals surface area contributed by atoms with Crippen LogP contribution in [0.15, 0.2) is 0 Å². The number of hydrogen-bond donors (Lipinski definition) is 0. The monoisotopic (exact) mass is 198 g/mol. The fourth-order valence-electron chi connectivity index (χ4n) is 0.449. The Balaban J connectivity index is 4.57. The molecule has 0 aliphatic rings. The van der Waals surface area contributed by atoms with E-state index in [0.29, 0.717) is 0 Å². The van der Waals surface area contributed by atoms with Crippen LogP contribution in [0.4, 0.5) is 30.7 Å². The predicted molar refractivity (Wildman–Crippen MR) is 26.5 cm³/mol. The normalized spacial score (nSPS) is 16.8. The zero-order valence-corrected chi connectivity index (χ0v) is 5.80. The highest BCUT2D eigenvalue weighted by molar-refractivity contribution is 4.87. The summed E-state index contributed by atoms with van der Waals surface area (Å²) in [5.74, 6) is -9.78. The van der Waals surface area contributed by atoms with Gasteiger partial charge in [0.1, 0.15) is 0 Å². The van der Waals surface area contributed by atoms with E-state index in [2.05, 4.69) is 0 Å². The Morgan fingerprint density at radius 2 is 1.25 bits per heavy atom. The van der Waals surface area contributed by atoms with E-state index >= 15 is 0 Å². The zero-order valence-electron chi connectivity index (χ0n) is 5.80. The molecule has 7 heteroatoms. The van der Waals surface area contributed by atoms with Crippen LogP contribution in [-0.2, 0) is 0 Å². The largest absolute Gasteiger partial charge is 0.343 e. The second-order valence-electron chi connectivity index (χ2n) is 2.29. The van der Waals surface area contributed by atoms with Gasteiger partial charge in [0.2, 0.25) is 6.17 Å². The third-order valence-electron chi connectivity index (χ3n) is 1.07. The lowest BCUT2D eigenvalue weighted by molar-refractivity contribution is -0.225. The molecule has 0 saturated carbocycles. The third kappa shape index (κ3) is 2.25. The molecule has 0 heterocycles. The van der Waals surface area contributed by atoms with Crippen molar-refractivity contribution in [2.45, 2.75) is 31.4 Å². The molecule has 0 aromatic carbocycles. The molecule has 1 atom stereocenters. The van der Waals surface area contributed by atoms with Gasteiger partial charge in [-0.2, -0.15) is 8.78 Å².